The third-order valence-corrected chi connectivity index (χ3v) is 6.74. The number of fused-ring (bicyclic) bond motifs is 4. The van der Waals surface area contributed by atoms with Crippen LogP contribution in [-0.2, 0) is 16.6 Å². The monoisotopic (exact) mass is 310 g/mol. The maximum atomic E-state index is 12.1. The number of carbonyl (C=O) groups is 1. The summed E-state index contributed by atoms with van der Waals surface area (Å²) in [6.45, 7) is 6.67. The second-order valence-electron chi connectivity index (χ2n) is 8.31. The highest BCUT2D eigenvalue weighted by atomic mass is 16.5. The molecular formula is C19H22N2O2. The molecule has 23 heavy (non-hydrogen) atoms. The molecule has 1 aromatic heterocycles. The molecule has 3 aliphatic carbocycles. The predicted octanol–water partition coefficient (Wildman–Crippen LogP) is 3.72. The van der Waals surface area contributed by atoms with Gasteiger partial charge in [0.15, 0.2) is 5.78 Å². The molecule has 0 radical (unpaired) electrons. The quantitative estimate of drug-likeness (QED) is 0.732. The van der Waals surface area contributed by atoms with Crippen LogP contribution in [0.2, 0.25) is 0 Å². The van der Waals surface area contributed by atoms with Gasteiger partial charge in [-0.2, -0.15) is 5.26 Å². The fraction of sp³-hybridized carbons (Fsp3) is 0.632. The summed E-state index contributed by atoms with van der Waals surface area (Å²) >= 11 is 0. The fourth-order valence-electron chi connectivity index (χ4n) is 5.73. The van der Waals surface area contributed by atoms with E-state index in [1.807, 2.05) is 6.20 Å². The van der Waals surface area contributed by atoms with Crippen LogP contribution >= 0.6 is 0 Å². The number of rotatable bonds is 0. The van der Waals surface area contributed by atoms with E-state index in [0.29, 0.717) is 18.8 Å². The average Bonchev–Trinajstić information content (AvgIpc) is 2.96. The second-order valence-corrected chi connectivity index (χ2v) is 8.31. The maximum Gasteiger partial charge on any atom is 0.155 e. The first-order valence-electron chi connectivity index (χ1n) is 8.44. The van der Waals surface area contributed by atoms with Crippen molar-refractivity contribution in [3.8, 4) is 6.07 Å². The van der Waals surface area contributed by atoms with E-state index in [2.05, 4.69) is 32.0 Å². The molecule has 120 valence electrons. The Hall–Kier alpha value is -1.89. The van der Waals surface area contributed by atoms with E-state index in [1.54, 1.807) is 6.08 Å². The Morgan fingerprint density at radius 1 is 1.35 bits per heavy atom. The summed E-state index contributed by atoms with van der Waals surface area (Å²) in [4.78, 5) is 12.1. The Labute approximate surface area is 136 Å². The number of aromatic nitrogens is 1. The number of ketones is 1. The standard InChI is InChI=1S/C19H22N2O2/c1-17(2)14-5-7-19(11-20)6-4-13(22)8-15(19)18(14,3)9-12-10-21-23-16(12)17/h8,10,14H,4-7,9H2,1-3H3/t14-,18-,19+/m0/s1. The van der Waals surface area contributed by atoms with Gasteiger partial charge in [-0.3, -0.25) is 4.79 Å². The number of nitrogens with zero attached hydrogens (tertiary/aromatic N) is 2. The van der Waals surface area contributed by atoms with E-state index >= 15 is 0 Å². The van der Waals surface area contributed by atoms with Gasteiger partial charge in [0.25, 0.3) is 0 Å². The Morgan fingerprint density at radius 3 is 2.87 bits per heavy atom. The zero-order valence-corrected chi connectivity index (χ0v) is 14.0. The van der Waals surface area contributed by atoms with Gasteiger partial charge in [-0.15, -0.1) is 0 Å². The van der Waals surface area contributed by atoms with Crippen LogP contribution in [-0.4, -0.2) is 10.9 Å². The highest BCUT2D eigenvalue weighted by Gasteiger charge is 2.60. The van der Waals surface area contributed by atoms with Crippen LogP contribution in [0.25, 0.3) is 0 Å². The zero-order valence-electron chi connectivity index (χ0n) is 14.0. The second kappa shape index (κ2) is 4.35. The summed E-state index contributed by atoms with van der Waals surface area (Å²) in [5.74, 6) is 1.50. The van der Waals surface area contributed by atoms with E-state index in [-0.39, 0.29) is 16.6 Å². The van der Waals surface area contributed by atoms with Crippen molar-refractivity contribution in [1.82, 2.24) is 5.16 Å². The molecule has 1 aromatic rings. The van der Waals surface area contributed by atoms with Gasteiger partial charge in [-0.05, 0) is 48.7 Å². The van der Waals surface area contributed by atoms with Crippen molar-refractivity contribution in [3.05, 3.63) is 29.2 Å². The summed E-state index contributed by atoms with van der Waals surface area (Å²) in [6, 6.07) is 2.58. The van der Waals surface area contributed by atoms with Crippen molar-refractivity contribution in [2.75, 3.05) is 0 Å². The van der Waals surface area contributed by atoms with Gasteiger partial charge in [0, 0.05) is 17.4 Å². The van der Waals surface area contributed by atoms with E-state index < -0.39 is 5.41 Å². The summed E-state index contributed by atoms with van der Waals surface area (Å²) in [5, 5.41) is 13.9. The molecule has 4 heteroatoms. The van der Waals surface area contributed by atoms with Gasteiger partial charge in [0.2, 0.25) is 0 Å². The van der Waals surface area contributed by atoms with Gasteiger partial charge in [-0.25, -0.2) is 0 Å². The molecule has 0 amide bonds. The number of hydrogen-bond donors (Lipinski definition) is 0. The molecule has 0 saturated heterocycles. The third kappa shape index (κ3) is 1.71. The topological polar surface area (TPSA) is 66.9 Å². The highest BCUT2D eigenvalue weighted by molar-refractivity contribution is 5.92. The first-order valence-corrected chi connectivity index (χ1v) is 8.44. The molecule has 1 saturated carbocycles. The van der Waals surface area contributed by atoms with Crippen LogP contribution < -0.4 is 0 Å². The number of carbonyl (C=O) groups excluding carboxylic acids is 1. The molecule has 0 aromatic carbocycles. The molecule has 0 unspecified atom stereocenters. The molecule has 4 nitrogen and oxygen atoms in total. The Bertz CT molecular complexity index is 767. The summed E-state index contributed by atoms with van der Waals surface area (Å²) in [7, 11) is 0. The van der Waals surface area contributed by atoms with E-state index in [0.717, 1.165) is 36.2 Å². The minimum absolute atomic E-state index is 0.137. The Kier molecular flexibility index (Phi) is 2.77. The minimum atomic E-state index is -0.454. The number of nitriles is 1. The lowest BCUT2D eigenvalue weighted by Gasteiger charge is -2.58. The zero-order chi connectivity index (χ0) is 16.5. The van der Waals surface area contributed by atoms with Gasteiger partial charge in [0.05, 0.1) is 17.7 Å². The lowest BCUT2D eigenvalue weighted by molar-refractivity contribution is -0.116. The van der Waals surface area contributed by atoms with Gasteiger partial charge >= 0.3 is 0 Å². The first-order chi connectivity index (χ1) is 10.8. The predicted molar refractivity (Wildman–Crippen MR) is 84.4 cm³/mol. The minimum Gasteiger partial charge on any atom is -0.361 e. The maximum absolute atomic E-state index is 12.1. The van der Waals surface area contributed by atoms with Crippen molar-refractivity contribution >= 4 is 5.78 Å². The van der Waals surface area contributed by atoms with E-state index in [4.69, 9.17) is 4.52 Å². The van der Waals surface area contributed by atoms with Gasteiger partial charge < -0.3 is 4.52 Å². The van der Waals surface area contributed by atoms with Crippen LogP contribution in [0.15, 0.2) is 22.4 Å². The van der Waals surface area contributed by atoms with Crippen LogP contribution in [0.3, 0.4) is 0 Å². The molecule has 1 heterocycles. The van der Waals surface area contributed by atoms with Crippen molar-refractivity contribution in [1.29, 1.82) is 5.26 Å². The molecule has 0 N–H and O–H groups in total. The molecule has 0 aliphatic heterocycles. The van der Waals surface area contributed by atoms with E-state index in [1.165, 1.54) is 0 Å². The summed E-state index contributed by atoms with van der Waals surface area (Å²) < 4.78 is 5.57. The van der Waals surface area contributed by atoms with Crippen molar-refractivity contribution in [2.45, 2.75) is 58.3 Å². The number of allylic oxidation sites excluding steroid dienone is 2. The van der Waals surface area contributed by atoms with Crippen molar-refractivity contribution in [3.63, 3.8) is 0 Å². The Morgan fingerprint density at radius 2 is 2.13 bits per heavy atom. The largest absolute Gasteiger partial charge is 0.361 e. The van der Waals surface area contributed by atoms with Crippen molar-refractivity contribution in [2.24, 2.45) is 16.7 Å². The summed E-state index contributed by atoms with van der Waals surface area (Å²) in [6.07, 6.45) is 7.42. The molecule has 3 aliphatic rings. The van der Waals surface area contributed by atoms with E-state index in [9.17, 15) is 10.1 Å². The average molecular weight is 310 g/mol. The normalized spacial score (nSPS) is 37.9. The highest BCUT2D eigenvalue weighted by Crippen LogP contribution is 2.64. The molecule has 1 fully saturated rings. The Balaban J connectivity index is 1.93. The molecular weight excluding hydrogens is 288 g/mol. The third-order valence-electron chi connectivity index (χ3n) is 6.74. The van der Waals surface area contributed by atoms with Crippen LogP contribution in [0.5, 0.6) is 0 Å². The molecule has 0 spiro atoms. The number of hydrogen-bond acceptors (Lipinski definition) is 4. The smallest absolute Gasteiger partial charge is 0.155 e. The van der Waals surface area contributed by atoms with Crippen LogP contribution in [0.1, 0.15) is 57.8 Å². The fourth-order valence-corrected chi connectivity index (χ4v) is 5.73. The van der Waals surface area contributed by atoms with Gasteiger partial charge in [-0.1, -0.05) is 25.9 Å². The lowest BCUT2D eigenvalue weighted by Crippen LogP contribution is -2.54. The summed E-state index contributed by atoms with van der Waals surface area (Å²) in [5.41, 5.74) is 1.43. The van der Waals surface area contributed by atoms with Gasteiger partial charge in [0.1, 0.15) is 5.76 Å². The molecule has 0 bridgehead atoms. The molecule has 3 atom stereocenters. The van der Waals surface area contributed by atoms with Crippen LogP contribution in [0, 0.1) is 28.1 Å². The molecule has 4 rings (SSSR count). The SMILES string of the molecule is CC1(C)c2oncc2C[C@]2(C)C3=CC(=O)CC[C@]3(C#N)CC[C@@H]12. The first kappa shape index (κ1) is 14.7. The van der Waals surface area contributed by atoms with Crippen LogP contribution in [0.4, 0.5) is 0 Å². The lowest BCUT2D eigenvalue weighted by atomic mass is 9.44. The van der Waals surface area contributed by atoms with Crippen molar-refractivity contribution < 1.29 is 9.32 Å².